The van der Waals surface area contributed by atoms with Gasteiger partial charge in [-0.25, -0.2) is 5.43 Å². The number of carbonyl (C=O) groups excluding carboxylic acids is 1. The highest BCUT2D eigenvalue weighted by atomic mass is 32.2. The van der Waals surface area contributed by atoms with Crippen LogP contribution in [0.15, 0.2) is 77.9 Å². The molecule has 126 valence electrons. The summed E-state index contributed by atoms with van der Waals surface area (Å²) in [6.07, 6.45) is 2.67. The van der Waals surface area contributed by atoms with Gasteiger partial charge in [0.15, 0.2) is 0 Å². The monoisotopic (exact) mass is 348 g/mol. The van der Waals surface area contributed by atoms with Gasteiger partial charge >= 0.3 is 0 Å². The van der Waals surface area contributed by atoms with E-state index in [-0.39, 0.29) is 5.91 Å². The number of amides is 1. The van der Waals surface area contributed by atoms with E-state index in [1.165, 1.54) is 5.56 Å². The largest absolute Gasteiger partial charge is 0.272 e. The van der Waals surface area contributed by atoms with E-state index in [0.29, 0.717) is 5.75 Å². The number of carbonyl (C=O) groups is 1. The van der Waals surface area contributed by atoms with E-state index in [9.17, 15) is 4.79 Å². The lowest BCUT2D eigenvalue weighted by Crippen LogP contribution is -2.20. The first-order valence-electron chi connectivity index (χ1n) is 8.24. The zero-order chi connectivity index (χ0) is 17.3. The van der Waals surface area contributed by atoms with Gasteiger partial charge in [0.05, 0.1) is 12.0 Å². The van der Waals surface area contributed by atoms with E-state index in [2.05, 4.69) is 40.9 Å². The van der Waals surface area contributed by atoms with Crippen LogP contribution in [0.4, 0.5) is 0 Å². The molecule has 3 aromatic rings. The van der Waals surface area contributed by atoms with Crippen molar-refractivity contribution in [2.24, 2.45) is 5.10 Å². The lowest BCUT2D eigenvalue weighted by Gasteiger charge is -2.03. The minimum absolute atomic E-state index is 0.0745. The second kappa shape index (κ2) is 9.04. The highest BCUT2D eigenvalue weighted by Gasteiger charge is 2.01. The van der Waals surface area contributed by atoms with Gasteiger partial charge in [-0.1, -0.05) is 72.8 Å². The molecule has 3 aromatic carbocycles. The van der Waals surface area contributed by atoms with Crippen molar-refractivity contribution in [3.63, 3.8) is 0 Å². The third-order valence-electron chi connectivity index (χ3n) is 3.83. The summed E-state index contributed by atoms with van der Waals surface area (Å²) in [6.45, 7) is 0. The Morgan fingerprint density at radius 2 is 1.72 bits per heavy atom. The fraction of sp³-hybridized carbons (Fsp3) is 0.143. The smallest absolute Gasteiger partial charge is 0.250 e. The van der Waals surface area contributed by atoms with Crippen LogP contribution in [0.2, 0.25) is 0 Å². The first-order chi connectivity index (χ1) is 12.3. The van der Waals surface area contributed by atoms with Crippen molar-refractivity contribution in [1.29, 1.82) is 0 Å². The number of hydrazone groups is 1. The molecular formula is C21H20N2OS. The predicted molar refractivity (Wildman–Crippen MR) is 107 cm³/mol. The summed E-state index contributed by atoms with van der Waals surface area (Å²) in [7, 11) is 0. The maximum atomic E-state index is 11.9. The minimum Gasteiger partial charge on any atom is -0.272 e. The first-order valence-corrected chi connectivity index (χ1v) is 9.40. The highest BCUT2D eigenvalue weighted by Crippen LogP contribution is 2.16. The number of fused-ring (bicyclic) bond motifs is 1. The van der Waals surface area contributed by atoms with Crippen molar-refractivity contribution >= 4 is 34.7 Å². The predicted octanol–water partition coefficient (Wildman–Crippen LogP) is 4.27. The number of aryl methyl sites for hydroxylation is 1. The van der Waals surface area contributed by atoms with Crippen molar-refractivity contribution in [2.75, 3.05) is 11.5 Å². The Bertz CT molecular complexity index is 857. The molecule has 0 aromatic heterocycles. The van der Waals surface area contributed by atoms with Crippen LogP contribution in [0.1, 0.15) is 11.1 Å². The Morgan fingerprint density at radius 1 is 0.960 bits per heavy atom. The summed E-state index contributed by atoms with van der Waals surface area (Å²) in [4.78, 5) is 11.9. The standard InChI is InChI=1S/C21H20N2OS/c24-21(16-25-14-13-17-7-2-1-3-8-17)23-22-15-19-11-6-10-18-9-4-5-12-20(18)19/h1-12,15H,13-14,16H2,(H,23,24)/b22-15-. The fourth-order valence-electron chi connectivity index (χ4n) is 2.57. The number of hydrogen-bond donors (Lipinski definition) is 1. The van der Waals surface area contributed by atoms with E-state index < -0.39 is 0 Å². The van der Waals surface area contributed by atoms with Crippen molar-refractivity contribution in [1.82, 2.24) is 5.43 Å². The van der Waals surface area contributed by atoms with Gasteiger partial charge in [-0.3, -0.25) is 4.79 Å². The molecule has 1 N–H and O–H groups in total. The third-order valence-corrected chi connectivity index (χ3v) is 4.79. The number of benzene rings is 3. The topological polar surface area (TPSA) is 41.5 Å². The average Bonchev–Trinajstić information content (AvgIpc) is 2.66. The van der Waals surface area contributed by atoms with Gasteiger partial charge in [0.1, 0.15) is 0 Å². The van der Waals surface area contributed by atoms with E-state index in [0.717, 1.165) is 28.5 Å². The van der Waals surface area contributed by atoms with E-state index >= 15 is 0 Å². The van der Waals surface area contributed by atoms with Crippen LogP contribution in [0.3, 0.4) is 0 Å². The molecule has 0 aliphatic rings. The van der Waals surface area contributed by atoms with Gasteiger partial charge in [-0.15, -0.1) is 0 Å². The van der Waals surface area contributed by atoms with Crippen molar-refractivity contribution in [2.45, 2.75) is 6.42 Å². The third kappa shape index (κ3) is 5.19. The summed E-state index contributed by atoms with van der Waals surface area (Å²) in [5.41, 5.74) is 4.90. The number of hydrogen-bond acceptors (Lipinski definition) is 3. The van der Waals surface area contributed by atoms with Crippen molar-refractivity contribution in [3.8, 4) is 0 Å². The summed E-state index contributed by atoms with van der Waals surface area (Å²) < 4.78 is 0. The molecule has 0 saturated carbocycles. The van der Waals surface area contributed by atoms with Crippen LogP contribution in [-0.4, -0.2) is 23.6 Å². The Labute approximate surface area is 152 Å². The summed E-state index contributed by atoms with van der Waals surface area (Å²) in [5.74, 6) is 1.26. The Hall–Kier alpha value is -2.59. The number of thioether (sulfide) groups is 1. The van der Waals surface area contributed by atoms with E-state index in [4.69, 9.17) is 0 Å². The lowest BCUT2D eigenvalue weighted by molar-refractivity contribution is -0.118. The summed E-state index contributed by atoms with van der Waals surface area (Å²) >= 11 is 1.62. The Kier molecular flexibility index (Phi) is 6.23. The maximum Gasteiger partial charge on any atom is 0.250 e. The van der Waals surface area contributed by atoms with Gasteiger partial charge in [-0.2, -0.15) is 16.9 Å². The molecule has 0 unspecified atom stereocenters. The average molecular weight is 348 g/mol. The zero-order valence-electron chi connectivity index (χ0n) is 13.9. The molecule has 0 bridgehead atoms. The van der Waals surface area contributed by atoms with E-state index in [1.807, 2.05) is 42.5 Å². The van der Waals surface area contributed by atoms with Gasteiger partial charge in [0.25, 0.3) is 0 Å². The molecule has 3 nitrogen and oxygen atoms in total. The van der Waals surface area contributed by atoms with Crippen LogP contribution >= 0.6 is 11.8 Å². The first kappa shape index (κ1) is 17.2. The van der Waals surface area contributed by atoms with Gasteiger partial charge < -0.3 is 0 Å². The summed E-state index contributed by atoms with van der Waals surface area (Å²) in [6, 6.07) is 24.5. The lowest BCUT2D eigenvalue weighted by atomic mass is 10.1. The molecule has 1 amide bonds. The Balaban J connectivity index is 1.44. The number of nitrogens with zero attached hydrogens (tertiary/aromatic N) is 1. The molecule has 4 heteroatoms. The molecule has 0 aliphatic carbocycles. The molecule has 25 heavy (non-hydrogen) atoms. The second-order valence-electron chi connectivity index (χ2n) is 5.65. The SMILES string of the molecule is O=C(CSCCc1ccccc1)N/N=C\c1cccc2ccccc12. The molecule has 0 spiro atoms. The second-order valence-corrected chi connectivity index (χ2v) is 6.75. The van der Waals surface area contributed by atoms with Gasteiger partial charge in [0.2, 0.25) is 5.91 Å². The molecule has 0 atom stereocenters. The normalized spacial score (nSPS) is 11.0. The van der Waals surface area contributed by atoms with Crippen LogP contribution < -0.4 is 5.43 Å². The van der Waals surface area contributed by atoms with E-state index in [1.54, 1.807) is 18.0 Å². The molecule has 0 heterocycles. The molecule has 0 aliphatic heterocycles. The quantitative estimate of drug-likeness (QED) is 0.394. The molecule has 3 rings (SSSR count). The maximum absolute atomic E-state index is 11.9. The molecule has 0 fully saturated rings. The van der Waals surface area contributed by atoms with Gasteiger partial charge in [0, 0.05) is 5.56 Å². The summed E-state index contributed by atoms with van der Waals surface area (Å²) in [5, 5.41) is 6.38. The number of nitrogens with one attached hydrogen (secondary N) is 1. The molecule has 0 saturated heterocycles. The fourth-order valence-corrected chi connectivity index (χ4v) is 3.34. The van der Waals surface area contributed by atoms with Crippen LogP contribution in [-0.2, 0) is 11.2 Å². The highest BCUT2D eigenvalue weighted by molar-refractivity contribution is 7.99. The van der Waals surface area contributed by atoms with Gasteiger partial charge in [-0.05, 0) is 28.5 Å². The zero-order valence-corrected chi connectivity index (χ0v) is 14.7. The van der Waals surface area contributed by atoms with Crippen molar-refractivity contribution in [3.05, 3.63) is 83.9 Å². The van der Waals surface area contributed by atoms with Crippen LogP contribution in [0, 0.1) is 0 Å². The Morgan fingerprint density at radius 3 is 2.60 bits per heavy atom. The number of rotatable bonds is 7. The van der Waals surface area contributed by atoms with Crippen LogP contribution in [0.5, 0.6) is 0 Å². The van der Waals surface area contributed by atoms with Crippen molar-refractivity contribution < 1.29 is 4.79 Å². The molecular weight excluding hydrogens is 328 g/mol. The molecule has 0 radical (unpaired) electrons. The van der Waals surface area contributed by atoms with Crippen LogP contribution in [0.25, 0.3) is 10.8 Å². The minimum atomic E-state index is -0.0745.